The van der Waals surface area contributed by atoms with Crippen molar-refractivity contribution in [1.29, 1.82) is 0 Å². The van der Waals surface area contributed by atoms with Crippen molar-refractivity contribution in [3.63, 3.8) is 0 Å². The second kappa shape index (κ2) is 14.3. The molecule has 4 nitrogen and oxygen atoms in total. The third-order valence-electron chi connectivity index (χ3n) is 13.2. The minimum absolute atomic E-state index is 0.570. The van der Waals surface area contributed by atoms with E-state index in [-0.39, 0.29) is 0 Å². The van der Waals surface area contributed by atoms with E-state index < -0.39 is 5.41 Å². The first-order valence-corrected chi connectivity index (χ1v) is 21.8. The molecule has 0 atom stereocenters. The zero-order valence-corrected chi connectivity index (χ0v) is 34.6. The molecule has 1 aliphatic carbocycles. The standard InChI is InChI=1S/C60H37N3O/c1-3-16-38(17-4-1)39-30-32-40(33-31-39)53-37-54(63-59(62-53)41-18-5-2-6-19-41)42-20-15-21-43(36-42)57-47-34-35-51-58(56(47)46-24-9-13-28-52(46)61-57)64-55-29-14-12-27-50(55)60(51)48-25-10-7-22-44(48)45-23-8-11-26-49(45)60/h1-37H. The molecule has 2 aliphatic rings. The lowest BCUT2D eigenvalue weighted by molar-refractivity contribution is 0.442. The lowest BCUT2D eigenvalue weighted by Crippen LogP contribution is -2.32. The normalized spacial score (nSPS) is 12.9. The monoisotopic (exact) mass is 815 g/mol. The van der Waals surface area contributed by atoms with Crippen LogP contribution in [0.15, 0.2) is 224 Å². The Morgan fingerprint density at radius 2 is 0.906 bits per heavy atom. The fourth-order valence-electron chi connectivity index (χ4n) is 10.3. The summed E-state index contributed by atoms with van der Waals surface area (Å²) in [7, 11) is 0. The molecule has 0 amide bonds. The van der Waals surface area contributed by atoms with Gasteiger partial charge in [0.05, 0.1) is 28.0 Å². The molecule has 0 N–H and O–H groups in total. The molecular formula is C60H37N3O. The van der Waals surface area contributed by atoms with E-state index in [1.165, 1.54) is 27.8 Å². The van der Waals surface area contributed by atoms with E-state index in [2.05, 4.69) is 200 Å². The highest BCUT2D eigenvalue weighted by atomic mass is 16.5. The van der Waals surface area contributed by atoms with Gasteiger partial charge >= 0.3 is 0 Å². The van der Waals surface area contributed by atoms with Crippen molar-refractivity contribution >= 4 is 21.7 Å². The second-order valence-electron chi connectivity index (χ2n) is 16.6. The summed E-state index contributed by atoms with van der Waals surface area (Å²) in [6.45, 7) is 0. The smallest absolute Gasteiger partial charge is 0.160 e. The van der Waals surface area contributed by atoms with Crippen LogP contribution in [0.5, 0.6) is 11.5 Å². The SMILES string of the molecule is c1ccc(-c2ccc(-c3cc(-c4cccc(-c5nc6ccccc6c6c7c(ccc56)C5(c6ccccc6O7)c6ccccc6-c6ccccc65)c4)nc(-c4ccccc4)n3)cc2)cc1. The van der Waals surface area contributed by atoms with Crippen LogP contribution in [-0.4, -0.2) is 15.0 Å². The quantitative estimate of drug-likeness (QED) is 0.162. The summed E-state index contributed by atoms with van der Waals surface area (Å²) in [6, 6.07) is 79.4. The molecule has 13 rings (SSSR count). The average molecular weight is 816 g/mol. The molecule has 1 spiro atoms. The lowest BCUT2D eigenvalue weighted by Gasteiger charge is -2.40. The van der Waals surface area contributed by atoms with Gasteiger partial charge in [-0.2, -0.15) is 0 Å². The second-order valence-corrected chi connectivity index (χ2v) is 16.6. The molecular weight excluding hydrogens is 779 g/mol. The molecule has 11 aromatic rings. The van der Waals surface area contributed by atoms with Crippen LogP contribution in [-0.2, 0) is 5.41 Å². The maximum absolute atomic E-state index is 7.20. The zero-order chi connectivity index (χ0) is 42.2. The highest BCUT2D eigenvalue weighted by molar-refractivity contribution is 6.15. The molecule has 2 aromatic heterocycles. The van der Waals surface area contributed by atoms with E-state index in [0.717, 1.165) is 89.2 Å². The summed E-state index contributed by atoms with van der Waals surface area (Å²) in [5, 5.41) is 3.12. The predicted octanol–water partition coefficient (Wildman–Crippen LogP) is 15.0. The number of hydrogen-bond acceptors (Lipinski definition) is 4. The van der Waals surface area contributed by atoms with E-state index in [1.807, 2.05) is 24.3 Å². The van der Waals surface area contributed by atoms with Crippen LogP contribution in [0, 0.1) is 0 Å². The van der Waals surface area contributed by atoms with Crippen LogP contribution in [0.1, 0.15) is 22.3 Å². The van der Waals surface area contributed by atoms with Gasteiger partial charge in [0.25, 0.3) is 0 Å². The number of ether oxygens (including phenoxy) is 1. The minimum atomic E-state index is -0.570. The maximum atomic E-state index is 7.20. The molecule has 0 unspecified atom stereocenters. The number of benzene rings is 9. The van der Waals surface area contributed by atoms with E-state index in [4.69, 9.17) is 19.7 Å². The third-order valence-corrected chi connectivity index (χ3v) is 13.2. The number of pyridine rings is 1. The number of nitrogens with zero attached hydrogens (tertiary/aromatic N) is 3. The van der Waals surface area contributed by atoms with Gasteiger partial charge in [-0.3, -0.25) is 0 Å². The van der Waals surface area contributed by atoms with Crippen LogP contribution in [0.25, 0.3) is 89.1 Å². The Hall–Kier alpha value is -8.47. The van der Waals surface area contributed by atoms with E-state index in [9.17, 15) is 0 Å². The van der Waals surface area contributed by atoms with Gasteiger partial charge in [0.1, 0.15) is 11.5 Å². The molecule has 0 bridgehead atoms. The van der Waals surface area contributed by atoms with Crippen molar-refractivity contribution in [1.82, 2.24) is 15.0 Å². The van der Waals surface area contributed by atoms with Gasteiger partial charge in [-0.1, -0.05) is 200 Å². The van der Waals surface area contributed by atoms with E-state index in [0.29, 0.717) is 5.82 Å². The van der Waals surface area contributed by atoms with Crippen molar-refractivity contribution in [3.05, 3.63) is 247 Å². The number of fused-ring (bicyclic) bond motifs is 13. The fourth-order valence-corrected chi connectivity index (χ4v) is 10.3. The zero-order valence-electron chi connectivity index (χ0n) is 34.6. The van der Waals surface area contributed by atoms with Gasteiger partial charge in [-0.25, -0.2) is 15.0 Å². The van der Waals surface area contributed by atoms with Crippen LogP contribution in [0.3, 0.4) is 0 Å². The Labute approximate surface area is 370 Å². The Kier molecular flexibility index (Phi) is 8.09. The Morgan fingerprint density at radius 1 is 0.344 bits per heavy atom. The van der Waals surface area contributed by atoms with Gasteiger partial charge in [0, 0.05) is 49.5 Å². The Balaban J connectivity index is 1.01. The van der Waals surface area contributed by atoms with Crippen molar-refractivity contribution in [3.8, 4) is 78.9 Å². The van der Waals surface area contributed by atoms with Crippen molar-refractivity contribution in [2.24, 2.45) is 0 Å². The fraction of sp³-hybridized carbons (Fsp3) is 0.0167. The number of aromatic nitrogens is 3. The summed E-state index contributed by atoms with van der Waals surface area (Å²) in [4.78, 5) is 15.8. The molecule has 0 fully saturated rings. The summed E-state index contributed by atoms with van der Waals surface area (Å²) in [5.74, 6) is 2.40. The van der Waals surface area contributed by atoms with E-state index >= 15 is 0 Å². The predicted molar refractivity (Wildman–Crippen MR) is 259 cm³/mol. The number of rotatable bonds is 5. The van der Waals surface area contributed by atoms with Gasteiger partial charge in [0.2, 0.25) is 0 Å². The lowest BCUT2D eigenvalue weighted by atomic mass is 9.65. The molecule has 1 aliphatic heterocycles. The Morgan fingerprint density at radius 3 is 1.66 bits per heavy atom. The summed E-state index contributed by atoms with van der Waals surface area (Å²) >= 11 is 0. The summed E-state index contributed by atoms with van der Waals surface area (Å²) < 4.78 is 7.20. The molecule has 0 radical (unpaired) electrons. The van der Waals surface area contributed by atoms with Crippen molar-refractivity contribution in [2.45, 2.75) is 5.41 Å². The van der Waals surface area contributed by atoms with E-state index in [1.54, 1.807) is 0 Å². The first kappa shape index (κ1) is 36.2. The molecule has 0 saturated heterocycles. The molecule has 4 heteroatoms. The third kappa shape index (κ3) is 5.46. The number of para-hydroxylation sites is 2. The first-order chi connectivity index (χ1) is 31.7. The number of hydrogen-bond donors (Lipinski definition) is 0. The van der Waals surface area contributed by atoms with Crippen LogP contribution >= 0.6 is 0 Å². The topological polar surface area (TPSA) is 47.9 Å². The first-order valence-electron chi connectivity index (χ1n) is 21.8. The van der Waals surface area contributed by atoms with Crippen LogP contribution in [0.2, 0.25) is 0 Å². The molecule has 64 heavy (non-hydrogen) atoms. The maximum Gasteiger partial charge on any atom is 0.160 e. The van der Waals surface area contributed by atoms with Crippen LogP contribution in [0.4, 0.5) is 0 Å². The summed E-state index contributed by atoms with van der Waals surface area (Å²) in [5.41, 5.74) is 16.5. The van der Waals surface area contributed by atoms with Crippen LogP contribution < -0.4 is 4.74 Å². The van der Waals surface area contributed by atoms with Gasteiger partial charge in [-0.05, 0) is 57.6 Å². The molecule has 0 saturated carbocycles. The van der Waals surface area contributed by atoms with Crippen molar-refractivity contribution in [2.75, 3.05) is 0 Å². The summed E-state index contributed by atoms with van der Waals surface area (Å²) in [6.07, 6.45) is 0. The largest absolute Gasteiger partial charge is 0.456 e. The average Bonchev–Trinajstić information content (AvgIpc) is 3.67. The highest BCUT2D eigenvalue weighted by Gasteiger charge is 2.51. The highest BCUT2D eigenvalue weighted by Crippen LogP contribution is 2.63. The van der Waals surface area contributed by atoms with Crippen molar-refractivity contribution < 1.29 is 4.74 Å². The van der Waals surface area contributed by atoms with Gasteiger partial charge in [-0.15, -0.1) is 0 Å². The van der Waals surface area contributed by atoms with Gasteiger partial charge in [0.15, 0.2) is 5.82 Å². The minimum Gasteiger partial charge on any atom is -0.456 e. The molecule has 9 aromatic carbocycles. The molecule has 298 valence electrons. The molecule has 3 heterocycles. The Bertz CT molecular complexity index is 3590. The van der Waals surface area contributed by atoms with Gasteiger partial charge < -0.3 is 4.74 Å².